The Bertz CT molecular complexity index is 481. The maximum absolute atomic E-state index is 12.2. The van der Waals surface area contributed by atoms with E-state index >= 15 is 0 Å². The van der Waals surface area contributed by atoms with Crippen LogP contribution in [0.15, 0.2) is 30.3 Å². The van der Waals surface area contributed by atoms with Crippen LogP contribution >= 0.6 is 0 Å². The zero-order valence-electron chi connectivity index (χ0n) is 11.2. The first kappa shape index (κ1) is 14.5. The van der Waals surface area contributed by atoms with Gasteiger partial charge in [-0.3, -0.25) is 0 Å². The smallest absolute Gasteiger partial charge is 0.154 e. The predicted molar refractivity (Wildman–Crippen MR) is 75.9 cm³/mol. The second-order valence-corrected chi connectivity index (χ2v) is 7.12. The lowest BCUT2D eigenvalue weighted by Gasteiger charge is -2.18. The van der Waals surface area contributed by atoms with Gasteiger partial charge < -0.3 is 10.1 Å². The van der Waals surface area contributed by atoms with Crippen molar-refractivity contribution in [3.63, 3.8) is 0 Å². The third-order valence-corrected chi connectivity index (χ3v) is 5.16. The molecule has 1 aromatic carbocycles. The van der Waals surface area contributed by atoms with E-state index in [1.165, 1.54) is 0 Å². The minimum absolute atomic E-state index is 0.113. The van der Waals surface area contributed by atoms with Crippen LogP contribution in [0.3, 0.4) is 0 Å². The van der Waals surface area contributed by atoms with Crippen molar-refractivity contribution in [2.45, 2.75) is 25.0 Å². The fourth-order valence-electron chi connectivity index (χ4n) is 2.41. The van der Waals surface area contributed by atoms with Crippen LogP contribution in [0.1, 0.15) is 24.4 Å². The Morgan fingerprint density at radius 1 is 1.37 bits per heavy atom. The summed E-state index contributed by atoms with van der Waals surface area (Å²) in [6.07, 6.45) is 1.71. The van der Waals surface area contributed by atoms with E-state index in [4.69, 9.17) is 4.74 Å². The van der Waals surface area contributed by atoms with Gasteiger partial charge in [0.1, 0.15) is 0 Å². The van der Waals surface area contributed by atoms with Crippen molar-refractivity contribution in [1.29, 1.82) is 0 Å². The molecule has 5 heteroatoms. The zero-order valence-corrected chi connectivity index (χ0v) is 12.0. The lowest BCUT2D eigenvalue weighted by molar-refractivity contribution is 0.127. The molecular formula is C14H21NO3S. The fourth-order valence-corrected chi connectivity index (χ4v) is 4.24. The molecule has 1 N–H and O–H groups in total. The van der Waals surface area contributed by atoms with Crippen molar-refractivity contribution in [1.82, 2.24) is 5.32 Å². The molecule has 19 heavy (non-hydrogen) atoms. The van der Waals surface area contributed by atoms with E-state index in [0.29, 0.717) is 6.61 Å². The second-order valence-electron chi connectivity index (χ2n) is 4.96. The molecule has 1 aliphatic heterocycles. The average molecular weight is 283 g/mol. The first-order chi connectivity index (χ1) is 9.11. The molecule has 1 aliphatic rings. The third kappa shape index (κ3) is 4.30. The summed E-state index contributed by atoms with van der Waals surface area (Å²) in [7, 11) is -1.32. The Morgan fingerprint density at radius 3 is 2.68 bits per heavy atom. The van der Waals surface area contributed by atoms with Crippen LogP contribution in [0.4, 0.5) is 0 Å². The molecular weight excluding hydrogens is 262 g/mol. The van der Waals surface area contributed by atoms with Gasteiger partial charge in [-0.15, -0.1) is 0 Å². The summed E-state index contributed by atoms with van der Waals surface area (Å²) >= 11 is 0. The van der Waals surface area contributed by atoms with Crippen LogP contribution in [0.5, 0.6) is 0 Å². The second kappa shape index (κ2) is 6.50. The van der Waals surface area contributed by atoms with E-state index in [9.17, 15) is 8.42 Å². The summed E-state index contributed by atoms with van der Waals surface area (Å²) in [6, 6.07) is 9.51. The fraction of sp³-hybridized carbons (Fsp3) is 0.571. The van der Waals surface area contributed by atoms with E-state index in [0.717, 1.165) is 18.4 Å². The van der Waals surface area contributed by atoms with E-state index in [1.807, 2.05) is 30.3 Å². The molecule has 0 amide bonds. The van der Waals surface area contributed by atoms with Crippen LogP contribution in [0.25, 0.3) is 0 Å². The number of benzene rings is 1. The first-order valence-corrected chi connectivity index (χ1v) is 8.47. The molecule has 1 aromatic rings. The van der Waals surface area contributed by atoms with Crippen LogP contribution in [0, 0.1) is 0 Å². The topological polar surface area (TPSA) is 55.4 Å². The van der Waals surface area contributed by atoms with E-state index < -0.39 is 9.84 Å². The summed E-state index contributed by atoms with van der Waals surface area (Å²) in [4.78, 5) is 0. The number of ether oxygens (including phenoxy) is 1. The van der Waals surface area contributed by atoms with Gasteiger partial charge in [0.25, 0.3) is 0 Å². The van der Waals surface area contributed by atoms with Crippen molar-refractivity contribution in [3.8, 4) is 0 Å². The maximum Gasteiger partial charge on any atom is 0.154 e. The van der Waals surface area contributed by atoms with Gasteiger partial charge in [0.2, 0.25) is 0 Å². The van der Waals surface area contributed by atoms with Crippen molar-refractivity contribution in [2.24, 2.45) is 0 Å². The average Bonchev–Trinajstić information content (AvgIpc) is 2.89. The largest absolute Gasteiger partial charge is 0.377 e. The summed E-state index contributed by atoms with van der Waals surface area (Å²) < 4.78 is 29.8. The Labute approximate surface area is 115 Å². The highest BCUT2D eigenvalue weighted by molar-refractivity contribution is 7.91. The zero-order chi connectivity index (χ0) is 13.7. The minimum atomic E-state index is -3.11. The quantitative estimate of drug-likeness (QED) is 0.860. The molecule has 1 saturated heterocycles. The van der Waals surface area contributed by atoms with Gasteiger partial charge in [-0.05, 0) is 25.5 Å². The highest BCUT2D eigenvalue weighted by Crippen LogP contribution is 2.18. The Balaban J connectivity index is 2.00. The van der Waals surface area contributed by atoms with Crippen molar-refractivity contribution in [3.05, 3.63) is 35.9 Å². The van der Waals surface area contributed by atoms with Gasteiger partial charge in [0, 0.05) is 12.6 Å². The highest BCUT2D eigenvalue weighted by Gasteiger charge is 2.26. The molecule has 0 radical (unpaired) electrons. The number of hydrogen-bond donors (Lipinski definition) is 1. The predicted octanol–water partition coefficient (Wildman–Crippen LogP) is 1.54. The highest BCUT2D eigenvalue weighted by atomic mass is 32.2. The maximum atomic E-state index is 12.2. The summed E-state index contributed by atoms with van der Waals surface area (Å²) in [5.74, 6) is 0.255. The minimum Gasteiger partial charge on any atom is -0.377 e. The van der Waals surface area contributed by atoms with Gasteiger partial charge in [-0.2, -0.15) is 0 Å². The molecule has 4 nitrogen and oxygen atoms in total. The molecule has 0 saturated carbocycles. The summed E-state index contributed by atoms with van der Waals surface area (Å²) in [6.45, 7) is 0.689. The molecule has 2 rings (SSSR count). The van der Waals surface area contributed by atoms with Crippen LogP contribution in [-0.2, 0) is 14.6 Å². The van der Waals surface area contributed by atoms with Gasteiger partial charge in [-0.25, -0.2) is 8.42 Å². The Morgan fingerprint density at radius 2 is 2.11 bits per heavy atom. The van der Waals surface area contributed by atoms with E-state index in [1.54, 1.807) is 7.05 Å². The molecule has 106 valence electrons. The SMILES string of the molecule is CNC(CS(=O)(=O)CC1CCCO1)c1ccccc1. The lowest BCUT2D eigenvalue weighted by Crippen LogP contribution is -2.30. The molecule has 1 fully saturated rings. The number of rotatable bonds is 6. The number of nitrogens with one attached hydrogen (secondary N) is 1. The van der Waals surface area contributed by atoms with Crippen molar-refractivity contribution in [2.75, 3.05) is 25.2 Å². The molecule has 0 aromatic heterocycles. The molecule has 1 heterocycles. The van der Waals surface area contributed by atoms with Gasteiger partial charge in [-0.1, -0.05) is 30.3 Å². The van der Waals surface area contributed by atoms with Crippen LogP contribution in [0.2, 0.25) is 0 Å². The molecule has 0 spiro atoms. The van der Waals surface area contributed by atoms with Crippen molar-refractivity contribution >= 4 is 9.84 Å². The van der Waals surface area contributed by atoms with Gasteiger partial charge >= 0.3 is 0 Å². The van der Waals surface area contributed by atoms with Gasteiger partial charge in [0.15, 0.2) is 9.84 Å². The van der Waals surface area contributed by atoms with Gasteiger partial charge in [0.05, 0.1) is 17.6 Å². The van der Waals surface area contributed by atoms with E-state index in [-0.39, 0.29) is 23.7 Å². The monoisotopic (exact) mass is 283 g/mol. The normalized spacial score (nSPS) is 21.4. The lowest BCUT2D eigenvalue weighted by atomic mass is 10.1. The van der Waals surface area contributed by atoms with Crippen LogP contribution < -0.4 is 5.32 Å². The van der Waals surface area contributed by atoms with Crippen molar-refractivity contribution < 1.29 is 13.2 Å². The number of hydrogen-bond acceptors (Lipinski definition) is 4. The first-order valence-electron chi connectivity index (χ1n) is 6.65. The Kier molecular flexibility index (Phi) is 4.96. The van der Waals surface area contributed by atoms with E-state index in [2.05, 4.69) is 5.32 Å². The number of sulfone groups is 1. The summed E-state index contributed by atoms with van der Waals surface area (Å²) in [5.41, 5.74) is 1.00. The Hall–Kier alpha value is -0.910. The molecule has 2 atom stereocenters. The molecule has 0 bridgehead atoms. The molecule has 0 aliphatic carbocycles. The molecule has 2 unspecified atom stereocenters. The standard InChI is InChI=1S/C14H21NO3S/c1-15-14(12-6-3-2-4-7-12)11-19(16,17)10-13-8-5-9-18-13/h2-4,6-7,13-15H,5,8-11H2,1H3. The third-order valence-electron chi connectivity index (χ3n) is 3.43. The van der Waals surface area contributed by atoms with Crippen LogP contribution in [-0.4, -0.2) is 39.7 Å². The summed E-state index contributed by atoms with van der Waals surface area (Å²) in [5, 5.41) is 3.08.